The fraction of sp³-hybridized carbons (Fsp3) is 0.625. The van der Waals surface area contributed by atoms with Crippen LogP contribution in [-0.4, -0.2) is 31.2 Å². The van der Waals surface area contributed by atoms with Crippen LogP contribution in [0.2, 0.25) is 0 Å². The SMILES string of the molecule is CCCC(CN)NS(=O)(=O)c1cn[nH]c1. The second-order valence-corrected chi connectivity index (χ2v) is 4.99. The lowest BCUT2D eigenvalue weighted by Gasteiger charge is -2.14. The molecule has 0 saturated carbocycles. The Kier molecular flexibility index (Phi) is 4.25. The minimum atomic E-state index is -3.47. The molecule has 4 N–H and O–H groups in total. The number of aromatic amines is 1. The molecule has 0 aliphatic rings. The predicted molar refractivity (Wildman–Crippen MR) is 56.7 cm³/mol. The van der Waals surface area contributed by atoms with Crippen molar-refractivity contribution in [2.45, 2.75) is 30.7 Å². The van der Waals surface area contributed by atoms with E-state index in [1.54, 1.807) is 0 Å². The summed E-state index contributed by atoms with van der Waals surface area (Å²) in [6, 6.07) is -0.213. The number of aromatic nitrogens is 2. The normalized spacial score (nSPS) is 14.0. The zero-order valence-electron chi connectivity index (χ0n) is 8.60. The first-order valence-corrected chi connectivity index (χ1v) is 6.29. The molecule has 0 amide bonds. The summed E-state index contributed by atoms with van der Waals surface area (Å²) in [5, 5.41) is 6.05. The fourth-order valence-electron chi connectivity index (χ4n) is 1.25. The van der Waals surface area contributed by atoms with Crippen LogP contribution in [0.1, 0.15) is 19.8 Å². The summed E-state index contributed by atoms with van der Waals surface area (Å²) in [5.41, 5.74) is 5.47. The Labute approximate surface area is 89.3 Å². The topological polar surface area (TPSA) is 101 Å². The molecule has 0 aliphatic carbocycles. The van der Waals surface area contributed by atoms with Gasteiger partial charge >= 0.3 is 0 Å². The van der Waals surface area contributed by atoms with Crippen LogP contribution in [0.3, 0.4) is 0 Å². The fourth-order valence-corrected chi connectivity index (χ4v) is 2.44. The molecule has 1 aromatic heterocycles. The van der Waals surface area contributed by atoms with Gasteiger partial charge in [-0.1, -0.05) is 13.3 Å². The van der Waals surface area contributed by atoms with Crippen LogP contribution in [0.15, 0.2) is 17.3 Å². The molecule has 1 atom stereocenters. The molecule has 1 aromatic rings. The number of sulfonamides is 1. The highest BCUT2D eigenvalue weighted by atomic mass is 32.2. The molecule has 0 radical (unpaired) electrons. The van der Waals surface area contributed by atoms with Crippen molar-refractivity contribution in [3.63, 3.8) is 0 Å². The smallest absolute Gasteiger partial charge is 0.243 e. The highest BCUT2D eigenvalue weighted by molar-refractivity contribution is 7.89. The van der Waals surface area contributed by atoms with Gasteiger partial charge in [-0.05, 0) is 6.42 Å². The van der Waals surface area contributed by atoms with Gasteiger partial charge < -0.3 is 5.73 Å². The van der Waals surface area contributed by atoms with E-state index >= 15 is 0 Å². The van der Waals surface area contributed by atoms with Gasteiger partial charge in [0, 0.05) is 18.8 Å². The van der Waals surface area contributed by atoms with E-state index in [1.807, 2.05) is 6.92 Å². The van der Waals surface area contributed by atoms with E-state index in [1.165, 1.54) is 12.4 Å². The van der Waals surface area contributed by atoms with Crippen LogP contribution >= 0.6 is 0 Å². The number of hydrogen-bond donors (Lipinski definition) is 3. The van der Waals surface area contributed by atoms with E-state index in [9.17, 15) is 8.42 Å². The number of rotatable bonds is 6. The average molecular weight is 232 g/mol. The Morgan fingerprint density at radius 3 is 2.87 bits per heavy atom. The second kappa shape index (κ2) is 5.24. The summed E-state index contributed by atoms with van der Waals surface area (Å²) >= 11 is 0. The number of nitrogens with one attached hydrogen (secondary N) is 2. The van der Waals surface area contributed by atoms with Crippen molar-refractivity contribution in [2.75, 3.05) is 6.54 Å². The first-order chi connectivity index (χ1) is 7.10. The van der Waals surface area contributed by atoms with Crippen LogP contribution in [0, 0.1) is 0 Å². The Morgan fingerprint density at radius 2 is 2.40 bits per heavy atom. The minimum absolute atomic E-state index is 0.136. The third kappa shape index (κ3) is 3.29. The molecule has 1 heterocycles. The Hall–Kier alpha value is -0.920. The molecule has 1 rings (SSSR count). The predicted octanol–water partition coefficient (Wildman–Crippen LogP) is -0.185. The average Bonchev–Trinajstić information content (AvgIpc) is 2.70. The van der Waals surface area contributed by atoms with Crippen molar-refractivity contribution in [3.8, 4) is 0 Å². The van der Waals surface area contributed by atoms with Crippen molar-refractivity contribution in [1.82, 2.24) is 14.9 Å². The molecule has 86 valence electrons. The third-order valence-electron chi connectivity index (χ3n) is 2.03. The van der Waals surface area contributed by atoms with Crippen LogP contribution in [0.5, 0.6) is 0 Å². The molecule has 0 fully saturated rings. The zero-order chi connectivity index (χ0) is 11.3. The number of nitrogens with two attached hydrogens (primary N) is 1. The Balaban J connectivity index is 2.72. The lowest BCUT2D eigenvalue weighted by Crippen LogP contribution is -2.39. The van der Waals surface area contributed by atoms with Gasteiger partial charge in [-0.15, -0.1) is 0 Å². The molecule has 0 aromatic carbocycles. The van der Waals surface area contributed by atoms with Gasteiger partial charge in [-0.25, -0.2) is 13.1 Å². The molecular weight excluding hydrogens is 216 g/mol. The van der Waals surface area contributed by atoms with Gasteiger partial charge in [0.2, 0.25) is 10.0 Å². The lowest BCUT2D eigenvalue weighted by molar-refractivity contribution is 0.527. The molecule has 1 unspecified atom stereocenters. The van der Waals surface area contributed by atoms with E-state index in [4.69, 9.17) is 5.73 Å². The third-order valence-corrected chi connectivity index (χ3v) is 3.51. The first-order valence-electron chi connectivity index (χ1n) is 4.81. The maximum absolute atomic E-state index is 11.7. The maximum atomic E-state index is 11.7. The van der Waals surface area contributed by atoms with Gasteiger partial charge in [0.25, 0.3) is 0 Å². The van der Waals surface area contributed by atoms with Gasteiger partial charge in [0.15, 0.2) is 0 Å². The summed E-state index contributed by atoms with van der Waals surface area (Å²) in [6.45, 7) is 2.28. The van der Waals surface area contributed by atoms with E-state index in [0.29, 0.717) is 6.54 Å². The molecule has 0 saturated heterocycles. The summed E-state index contributed by atoms with van der Waals surface area (Å²) in [4.78, 5) is 0.136. The quantitative estimate of drug-likeness (QED) is 0.633. The number of H-pyrrole nitrogens is 1. The summed E-state index contributed by atoms with van der Waals surface area (Å²) in [6.07, 6.45) is 4.22. The van der Waals surface area contributed by atoms with E-state index in [2.05, 4.69) is 14.9 Å². The largest absolute Gasteiger partial charge is 0.329 e. The van der Waals surface area contributed by atoms with Crippen LogP contribution in [0.4, 0.5) is 0 Å². The van der Waals surface area contributed by atoms with E-state index in [-0.39, 0.29) is 10.9 Å². The van der Waals surface area contributed by atoms with Crippen molar-refractivity contribution in [2.24, 2.45) is 5.73 Å². The molecule has 6 nitrogen and oxygen atoms in total. The second-order valence-electron chi connectivity index (χ2n) is 3.28. The molecule has 0 bridgehead atoms. The highest BCUT2D eigenvalue weighted by Crippen LogP contribution is 2.07. The Bertz CT molecular complexity index is 373. The molecule has 0 aliphatic heterocycles. The summed E-state index contributed by atoms with van der Waals surface area (Å²) in [5.74, 6) is 0. The van der Waals surface area contributed by atoms with Crippen molar-refractivity contribution in [1.29, 1.82) is 0 Å². The van der Waals surface area contributed by atoms with Crippen molar-refractivity contribution < 1.29 is 8.42 Å². The van der Waals surface area contributed by atoms with Gasteiger partial charge in [0.05, 0.1) is 6.20 Å². The van der Waals surface area contributed by atoms with Gasteiger partial charge in [-0.3, -0.25) is 5.10 Å². The zero-order valence-corrected chi connectivity index (χ0v) is 9.42. The molecular formula is C8H16N4O2S. The Morgan fingerprint density at radius 1 is 1.67 bits per heavy atom. The van der Waals surface area contributed by atoms with Gasteiger partial charge in [-0.2, -0.15) is 5.10 Å². The molecule has 0 spiro atoms. The van der Waals surface area contributed by atoms with Crippen molar-refractivity contribution >= 4 is 10.0 Å². The molecule has 15 heavy (non-hydrogen) atoms. The highest BCUT2D eigenvalue weighted by Gasteiger charge is 2.19. The van der Waals surface area contributed by atoms with Gasteiger partial charge in [0.1, 0.15) is 4.90 Å². The number of nitrogens with zero attached hydrogens (tertiary/aromatic N) is 1. The van der Waals surface area contributed by atoms with E-state index in [0.717, 1.165) is 12.8 Å². The summed E-state index contributed by atoms with van der Waals surface area (Å²) in [7, 11) is -3.47. The van der Waals surface area contributed by atoms with Crippen molar-refractivity contribution in [3.05, 3.63) is 12.4 Å². The van der Waals surface area contributed by atoms with Crippen LogP contribution in [0.25, 0.3) is 0 Å². The van der Waals surface area contributed by atoms with Crippen LogP contribution in [-0.2, 0) is 10.0 Å². The minimum Gasteiger partial charge on any atom is -0.329 e. The maximum Gasteiger partial charge on any atom is 0.243 e. The monoisotopic (exact) mass is 232 g/mol. The molecule has 7 heteroatoms. The van der Waals surface area contributed by atoms with E-state index < -0.39 is 10.0 Å². The standard InChI is InChI=1S/C8H16N4O2S/c1-2-3-7(4-9)12-15(13,14)8-5-10-11-6-8/h5-7,12H,2-4,9H2,1H3,(H,10,11). The first kappa shape index (κ1) is 12.2. The van der Waals surface area contributed by atoms with Crippen LogP contribution < -0.4 is 10.5 Å². The summed E-state index contributed by atoms with van der Waals surface area (Å²) < 4.78 is 26.0. The lowest BCUT2D eigenvalue weighted by atomic mass is 10.2. The number of hydrogen-bond acceptors (Lipinski definition) is 4.